The van der Waals surface area contributed by atoms with Crippen LogP contribution >= 0.6 is 0 Å². The Labute approximate surface area is 334 Å². The van der Waals surface area contributed by atoms with E-state index in [1.165, 1.54) is 32.4 Å². The number of nitrogens with one attached hydrogen (secondary N) is 3. The predicted octanol–water partition coefficient (Wildman–Crippen LogP) is 3.77. The number of alkyl carbamates (subject to hydrolysis) is 1. The topological polar surface area (TPSA) is 204 Å². The van der Waals surface area contributed by atoms with Crippen molar-refractivity contribution in [3.8, 4) is 11.6 Å². The van der Waals surface area contributed by atoms with Gasteiger partial charge >= 0.3 is 12.3 Å². The summed E-state index contributed by atoms with van der Waals surface area (Å²) in [6.45, 7) is 4.49. The lowest BCUT2D eigenvalue weighted by Gasteiger charge is -2.33. The number of rotatable bonds is 9. The van der Waals surface area contributed by atoms with Crippen LogP contribution in [-0.2, 0) is 40.1 Å². The number of sulfonamides is 1. The van der Waals surface area contributed by atoms with Crippen LogP contribution in [0.3, 0.4) is 0 Å². The van der Waals surface area contributed by atoms with Gasteiger partial charge in [-0.25, -0.2) is 23.2 Å². The van der Waals surface area contributed by atoms with Crippen LogP contribution in [0, 0.1) is 11.8 Å². The zero-order valence-corrected chi connectivity index (χ0v) is 33.7. The molecule has 3 heterocycles. The molecule has 20 heteroatoms. The molecule has 2 aromatic rings. The average molecular weight is 839 g/mol. The highest BCUT2D eigenvalue weighted by Crippen LogP contribution is 2.46. The van der Waals surface area contributed by atoms with Gasteiger partial charge in [0.25, 0.3) is 5.91 Å². The van der Waals surface area contributed by atoms with Crippen molar-refractivity contribution < 1.29 is 59.7 Å². The first-order valence-corrected chi connectivity index (χ1v) is 20.7. The minimum absolute atomic E-state index is 0.0125. The van der Waals surface area contributed by atoms with Crippen LogP contribution in [0.25, 0.3) is 11.0 Å². The van der Waals surface area contributed by atoms with E-state index in [4.69, 9.17) is 18.9 Å². The van der Waals surface area contributed by atoms with E-state index in [0.29, 0.717) is 44.3 Å². The van der Waals surface area contributed by atoms with E-state index in [1.807, 2.05) is 6.08 Å². The largest absolute Gasteiger partial charge is 0.497 e. The van der Waals surface area contributed by atoms with E-state index in [2.05, 4.69) is 25.3 Å². The minimum atomic E-state index is -5.02. The number of carbonyl (C=O) groups excluding carboxylic acids is 4. The number of hydrogen-bond acceptors (Lipinski definition) is 12. The number of halogens is 3. The summed E-state index contributed by atoms with van der Waals surface area (Å²) in [6, 6.07) is 1.32. The van der Waals surface area contributed by atoms with Crippen molar-refractivity contribution in [2.75, 3.05) is 27.4 Å². The van der Waals surface area contributed by atoms with E-state index < -0.39 is 105 Å². The first-order chi connectivity index (χ1) is 27.2. The van der Waals surface area contributed by atoms with Gasteiger partial charge in [-0.3, -0.25) is 19.1 Å². The molecule has 4 amide bonds. The van der Waals surface area contributed by atoms with Crippen molar-refractivity contribution in [3.05, 3.63) is 36.0 Å². The Morgan fingerprint density at radius 1 is 1.05 bits per heavy atom. The number of nitrogens with zero attached hydrogens (tertiary/aromatic N) is 3. The maximum atomic E-state index is 14.8. The van der Waals surface area contributed by atoms with E-state index in [-0.39, 0.29) is 30.5 Å². The first-order valence-electron chi connectivity index (χ1n) is 19.2. The second kappa shape index (κ2) is 16.5. The summed E-state index contributed by atoms with van der Waals surface area (Å²) in [4.78, 5) is 65.3. The normalized spacial score (nSPS) is 27.6. The van der Waals surface area contributed by atoms with E-state index in [9.17, 15) is 40.8 Å². The number of hydrogen-bond donors (Lipinski definition) is 3. The van der Waals surface area contributed by atoms with Crippen molar-refractivity contribution in [1.29, 1.82) is 0 Å². The van der Waals surface area contributed by atoms with Crippen LogP contribution in [0.4, 0.5) is 18.0 Å². The Bertz CT molecular complexity index is 2060. The first kappa shape index (κ1) is 42.9. The van der Waals surface area contributed by atoms with Crippen molar-refractivity contribution >= 4 is 44.9 Å². The molecular weight excluding hydrogens is 790 g/mol. The number of aromatic nitrogens is 2. The quantitative estimate of drug-likeness (QED) is 0.309. The average Bonchev–Trinajstić information content (AvgIpc) is 4.06. The van der Waals surface area contributed by atoms with Crippen LogP contribution in [0.1, 0.15) is 77.8 Å². The molecule has 0 radical (unpaired) electrons. The van der Waals surface area contributed by atoms with Crippen LogP contribution in [0.5, 0.6) is 11.6 Å². The highest BCUT2D eigenvalue weighted by molar-refractivity contribution is 7.91. The fourth-order valence-corrected chi connectivity index (χ4v) is 8.76. The lowest BCUT2D eigenvalue weighted by molar-refractivity contribution is -0.143. The standard InChI is InChI=1S/C38H49F3N6O10S/c1-36(2,3)57-35(51)44-29-21(20-54-4)10-8-6-7-9-11-22-18-37(22,34(50)46-58(52,53)25-13-14-25)45-31(48)28-17-24(19-47(28)33(29)49)56-32-30(38(39,40)41)42-26-15-12-23(55-5)16-27(26)43-32/h9,11-12,15-16,21-22,24-25,28-29H,6-8,10,13-14,17-20H2,1-5H3,(H,44,51)(H,45,48)(H,46,50)/b11-9-/t21-,22-,24+,28-,29-,37-/m0/s1. The van der Waals surface area contributed by atoms with E-state index in [0.717, 1.165) is 4.90 Å². The van der Waals surface area contributed by atoms with Gasteiger partial charge in [0.2, 0.25) is 33.4 Å². The van der Waals surface area contributed by atoms with Crippen molar-refractivity contribution in [3.63, 3.8) is 0 Å². The van der Waals surface area contributed by atoms with Gasteiger partial charge in [0.1, 0.15) is 35.1 Å². The summed E-state index contributed by atoms with van der Waals surface area (Å²) in [5, 5.41) is 4.65. The molecule has 318 valence electrons. The lowest BCUT2D eigenvalue weighted by atomic mass is 9.92. The van der Waals surface area contributed by atoms with Crippen LogP contribution in [0.2, 0.25) is 0 Å². The van der Waals surface area contributed by atoms with Gasteiger partial charge in [-0.2, -0.15) is 13.2 Å². The third-order valence-corrected chi connectivity index (χ3v) is 12.4. The highest BCUT2D eigenvalue weighted by atomic mass is 32.2. The van der Waals surface area contributed by atoms with Crippen molar-refractivity contribution in [2.45, 2.75) is 113 Å². The molecule has 0 spiro atoms. The molecule has 3 N–H and O–H groups in total. The van der Waals surface area contributed by atoms with Gasteiger partial charge in [-0.1, -0.05) is 18.6 Å². The van der Waals surface area contributed by atoms with Gasteiger partial charge in [0.05, 0.1) is 36.5 Å². The maximum Gasteiger partial charge on any atom is 0.438 e. The number of fused-ring (bicyclic) bond motifs is 3. The van der Waals surface area contributed by atoms with Crippen molar-refractivity contribution in [2.24, 2.45) is 11.8 Å². The Kier molecular flexibility index (Phi) is 12.2. The highest BCUT2D eigenvalue weighted by Gasteiger charge is 2.62. The van der Waals surface area contributed by atoms with E-state index in [1.54, 1.807) is 26.8 Å². The number of ether oxygens (including phenoxy) is 4. The number of amides is 4. The number of allylic oxidation sites excluding steroid dienone is 1. The van der Waals surface area contributed by atoms with Crippen LogP contribution in [-0.4, -0.2) is 109 Å². The molecule has 6 rings (SSSR count). The third-order valence-electron chi connectivity index (χ3n) is 10.6. The molecular formula is C38H49F3N6O10S. The predicted molar refractivity (Wildman–Crippen MR) is 201 cm³/mol. The fourth-order valence-electron chi connectivity index (χ4n) is 7.40. The van der Waals surface area contributed by atoms with Gasteiger partial charge in [0.15, 0.2) is 0 Å². The fraction of sp³-hybridized carbons (Fsp3) is 0.632. The van der Waals surface area contributed by atoms with Crippen LogP contribution in [0.15, 0.2) is 30.4 Å². The molecule has 2 saturated carbocycles. The smallest absolute Gasteiger partial charge is 0.438 e. The zero-order chi connectivity index (χ0) is 42.2. The summed E-state index contributed by atoms with van der Waals surface area (Å²) in [7, 11) is -1.21. The van der Waals surface area contributed by atoms with E-state index >= 15 is 0 Å². The maximum absolute atomic E-state index is 14.8. The molecule has 58 heavy (non-hydrogen) atoms. The number of benzene rings is 1. The Balaban J connectivity index is 1.39. The number of methoxy groups -OCH3 is 2. The third kappa shape index (κ3) is 9.76. The summed E-state index contributed by atoms with van der Waals surface area (Å²) in [5.41, 5.74) is -4.14. The second-order valence-electron chi connectivity index (χ2n) is 16.2. The monoisotopic (exact) mass is 838 g/mol. The minimum Gasteiger partial charge on any atom is -0.497 e. The van der Waals surface area contributed by atoms with Gasteiger partial charge in [-0.15, -0.1) is 0 Å². The lowest BCUT2D eigenvalue weighted by Crippen LogP contribution is -2.59. The summed E-state index contributed by atoms with van der Waals surface area (Å²) in [5.74, 6) is -4.42. The molecule has 0 bridgehead atoms. The molecule has 1 aromatic heterocycles. The van der Waals surface area contributed by atoms with Crippen molar-refractivity contribution in [1.82, 2.24) is 30.2 Å². The molecule has 0 unspecified atom stereocenters. The second-order valence-corrected chi connectivity index (χ2v) is 18.2. The summed E-state index contributed by atoms with van der Waals surface area (Å²) >= 11 is 0. The number of carbonyl (C=O) groups is 4. The SMILES string of the molecule is COC[C@@H]1CCCC/C=C\[C@H]2C[C@]2(C(=O)NS(=O)(=O)C2CC2)NC(=O)[C@@H]2C[C@@H](Oc3nc4cc(OC)ccc4nc3C(F)(F)F)CN2C(=O)[C@H]1NC(=O)OC(C)(C)C. The molecule has 3 fully saturated rings. The zero-order valence-electron chi connectivity index (χ0n) is 32.9. The Hall–Kier alpha value is -4.72. The van der Waals surface area contributed by atoms with Gasteiger partial charge < -0.3 is 34.5 Å². The Morgan fingerprint density at radius 2 is 1.79 bits per heavy atom. The molecule has 2 aliphatic heterocycles. The number of alkyl halides is 3. The molecule has 1 saturated heterocycles. The molecule has 4 aliphatic rings. The molecule has 1 aromatic carbocycles. The molecule has 2 aliphatic carbocycles. The van der Waals surface area contributed by atoms with Gasteiger partial charge in [-0.05, 0) is 71.4 Å². The molecule has 6 atom stereocenters. The van der Waals surface area contributed by atoms with Gasteiger partial charge in [0, 0.05) is 31.4 Å². The Morgan fingerprint density at radius 3 is 2.45 bits per heavy atom. The van der Waals surface area contributed by atoms with Crippen LogP contribution < -0.4 is 24.8 Å². The summed E-state index contributed by atoms with van der Waals surface area (Å²) < 4.78 is 93.2. The summed E-state index contributed by atoms with van der Waals surface area (Å²) in [6.07, 6.45) is -0.998. The molecule has 16 nitrogen and oxygen atoms in total.